The lowest BCUT2D eigenvalue weighted by molar-refractivity contribution is -0.132. The van der Waals surface area contributed by atoms with Crippen molar-refractivity contribution >= 4 is 17.6 Å². The molecule has 0 bridgehead atoms. The highest BCUT2D eigenvalue weighted by atomic mass is 16.4. The van der Waals surface area contributed by atoms with Crippen LogP contribution in [0.5, 0.6) is 0 Å². The summed E-state index contributed by atoms with van der Waals surface area (Å²) in [4.78, 5) is 17.7. The summed E-state index contributed by atoms with van der Waals surface area (Å²) >= 11 is 0. The van der Waals surface area contributed by atoms with Crippen molar-refractivity contribution < 1.29 is 9.90 Å². The predicted molar refractivity (Wildman–Crippen MR) is 87.6 cm³/mol. The molecular formula is C16H19N5O2. The van der Waals surface area contributed by atoms with Gasteiger partial charge >= 0.3 is 5.97 Å². The van der Waals surface area contributed by atoms with Gasteiger partial charge in [-0.2, -0.15) is 10.1 Å². The first kappa shape index (κ1) is 15.1. The molecule has 1 atom stereocenters. The number of nitrogens with one attached hydrogen (secondary N) is 1. The summed E-state index contributed by atoms with van der Waals surface area (Å²) in [6.45, 7) is 1.97. The summed E-state index contributed by atoms with van der Waals surface area (Å²) in [7, 11) is 3.95. The third-order valence-electron chi connectivity index (χ3n) is 3.81. The van der Waals surface area contributed by atoms with Crippen molar-refractivity contribution in [2.75, 3.05) is 24.3 Å². The van der Waals surface area contributed by atoms with Crippen LogP contribution >= 0.6 is 0 Å². The van der Waals surface area contributed by atoms with Crippen molar-refractivity contribution in [3.63, 3.8) is 0 Å². The minimum absolute atomic E-state index is 0.120. The van der Waals surface area contributed by atoms with E-state index >= 15 is 0 Å². The van der Waals surface area contributed by atoms with Crippen molar-refractivity contribution in [2.24, 2.45) is 0 Å². The van der Waals surface area contributed by atoms with E-state index in [1.54, 1.807) is 10.8 Å². The number of aryl methyl sites for hydroxylation is 1. The van der Waals surface area contributed by atoms with Gasteiger partial charge in [0, 0.05) is 26.2 Å². The second-order valence-corrected chi connectivity index (χ2v) is 5.59. The van der Waals surface area contributed by atoms with Gasteiger partial charge in [0.15, 0.2) is 5.82 Å². The van der Waals surface area contributed by atoms with E-state index in [9.17, 15) is 9.90 Å². The lowest BCUT2D eigenvalue weighted by Gasteiger charge is -2.23. The molecule has 23 heavy (non-hydrogen) atoms. The Morgan fingerprint density at radius 2 is 2.04 bits per heavy atom. The number of anilines is 2. The Morgan fingerprint density at radius 3 is 2.61 bits per heavy atom. The minimum atomic E-state index is -1.01. The second-order valence-electron chi connectivity index (χ2n) is 5.59. The molecule has 0 radical (unpaired) electrons. The fourth-order valence-electron chi connectivity index (χ4n) is 2.52. The second kappa shape index (κ2) is 5.75. The Hall–Kier alpha value is -2.83. The Balaban J connectivity index is 2.05. The van der Waals surface area contributed by atoms with Crippen molar-refractivity contribution in [1.82, 2.24) is 14.8 Å². The maximum Gasteiger partial charge on any atom is 0.352 e. The van der Waals surface area contributed by atoms with Crippen LogP contribution in [0.2, 0.25) is 0 Å². The van der Waals surface area contributed by atoms with Gasteiger partial charge in [-0.25, -0.2) is 9.48 Å². The van der Waals surface area contributed by atoms with Crippen LogP contribution in [0, 0.1) is 0 Å². The van der Waals surface area contributed by atoms with Gasteiger partial charge in [0.1, 0.15) is 11.7 Å². The van der Waals surface area contributed by atoms with Crippen LogP contribution in [0.25, 0.3) is 0 Å². The van der Waals surface area contributed by atoms with Gasteiger partial charge < -0.3 is 15.3 Å². The lowest BCUT2D eigenvalue weighted by atomic mass is 10.0. The molecule has 2 N–H and O–H groups in total. The standard InChI is InChI=1S/C16H19N5O2/c1-4-14-18-16-17-12(15(22)23)9-13(21(16)19-14)10-5-7-11(8-6-10)20(2)3/h5-9,13H,4H2,1-3H3,(H,22,23)(H,17,18,19)/t13-/m0/s1. The number of benzene rings is 1. The molecule has 0 saturated carbocycles. The third kappa shape index (κ3) is 2.77. The Bertz CT molecular complexity index is 761. The number of hydrogen-bond acceptors (Lipinski definition) is 5. The first-order valence-electron chi connectivity index (χ1n) is 7.44. The number of carbonyl (C=O) groups is 1. The first-order chi connectivity index (χ1) is 11.0. The highest BCUT2D eigenvalue weighted by Crippen LogP contribution is 2.30. The van der Waals surface area contributed by atoms with E-state index in [0.29, 0.717) is 18.2 Å². The van der Waals surface area contributed by atoms with Crippen molar-refractivity contribution in [3.05, 3.63) is 47.4 Å². The zero-order valence-electron chi connectivity index (χ0n) is 13.3. The number of nitrogens with zero attached hydrogens (tertiary/aromatic N) is 4. The van der Waals surface area contributed by atoms with Crippen LogP contribution in [0.15, 0.2) is 36.0 Å². The fourth-order valence-corrected chi connectivity index (χ4v) is 2.52. The molecule has 0 saturated heterocycles. The number of allylic oxidation sites excluding steroid dienone is 1. The molecule has 1 aliphatic heterocycles. The van der Waals surface area contributed by atoms with Gasteiger partial charge in [0.05, 0.1) is 0 Å². The molecule has 3 rings (SSSR count). The maximum absolute atomic E-state index is 11.4. The predicted octanol–water partition coefficient (Wildman–Crippen LogP) is 1.89. The molecule has 0 aliphatic carbocycles. The minimum Gasteiger partial charge on any atom is -0.477 e. The van der Waals surface area contributed by atoms with E-state index in [1.807, 2.05) is 50.2 Å². The Labute approximate surface area is 134 Å². The highest BCUT2D eigenvalue weighted by molar-refractivity contribution is 5.90. The molecule has 2 aromatic rings. The molecule has 1 aliphatic rings. The zero-order valence-corrected chi connectivity index (χ0v) is 13.3. The number of hydrogen-bond donors (Lipinski definition) is 2. The molecule has 2 heterocycles. The average molecular weight is 313 g/mol. The summed E-state index contributed by atoms with van der Waals surface area (Å²) in [6.07, 6.45) is 2.35. The monoisotopic (exact) mass is 313 g/mol. The molecule has 0 unspecified atom stereocenters. The smallest absolute Gasteiger partial charge is 0.352 e. The van der Waals surface area contributed by atoms with Gasteiger partial charge in [-0.1, -0.05) is 19.1 Å². The van der Waals surface area contributed by atoms with E-state index in [2.05, 4.69) is 15.4 Å². The molecule has 0 fully saturated rings. The molecule has 7 heteroatoms. The van der Waals surface area contributed by atoms with Crippen molar-refractivity contribution in [2.45, 2.75) is 19.4 Å². The van der Waals surface area contributed by atoms with Gasteiger partial charge in [0.2, 0.25) is 5.95 Å². The van der Waals surface area contributed by atoms with E-state index in [-0.39, 0.29) is 11.7 Å². The summed E-state index contributed by atoms with van der Waals surface area (Å²) in [5.74, 6) is 0.137. The van der Waals surface area contributed by atoms with Crippen LogP contribution in [0.1, 0.15) is 24.4 Å². The van der Waals surface area contributed by atoms with E-state index in [4.69, 9.17) is 0 Å². The van der Waals surface area contributed by atoms with Gasteiger partial charge in [-0.15, -0.1) is 0 Å². The van der Waals surface area contributed by atoms with Crippen LogP contribution < -0.4 is 10.2 Å². The topological polar surface area (TPSA) is 83.3 Å². The molecule has 0 spiro atoms. The average Bonchev–Trinajstić information content (AvgIpc) is 2.97. The number of carboxylic acid groups (broad SMARTS) is 1. The number of fused-ring (bicyclic) bond motifs is 1. The van der Waals surface area contributed by atoms with Gasteiger partial charge in [-0.3, -0.25) is 0 Å². The van der Waals surface area contributed by atoms with E-state index in [1.165, 1.54) is 0 Å². The molecular weight excluding hydrogens is 294 g/mol. The van der Waals surface area contributed by atoms with Crippen LogP contribution in [0.3, 0.4) is 0 Å². The first-order valence-corrected chi connectivity index (χ1v) is 7.44. The molecule has 120 valence electrons. The largest absolute Gasteiger partial charge is 0.477 e. The van der Waals surface area contributed by atoms with Crippen molar-refractivity contribution in [3.8, 4) is 0 Å². The third-order valence-corrected chi connectivity index (χ3v) is 3.81. The summed E-state index contributed by atoms with van der Waals surface area (Å²) in [5, 5.41) is 16.6. The summed E-state index contributed by atoms with van der Waals surface area (Å²) < 4.78 is 1.73. The van der Waals surface area contributed by atoms with Crippen LogP contribution in [0.4, 0.5) is 11.6 Å². The van der Waals surface area contributed by atoms with Crippen molar-refractivity contribution in [1.29, 1.82) is 0 Å². The van der Waals surface area contributed by atoms with Gasteiger partial charge in [0.25, 0.3) is 0 Å². The quantitative estimate of drug-likeness (QED) is 0.897. The summed E-state index contributed by atoms with van der Waals surface area (Å²) in [5.41, 5.74) is 2.16. The number of carboxylic acids is 1. The Kier molecular flexibility index (Phi) is 3.77. The van der Waals surface area contributed by atoms with Crippen LogP contribution in [-0.2, 0) is 11.2 Å². The fraction of sp³-hybridized carbons (Fsp3) is 0.312. The van der Waals surface area contributed by atoms with Gasteiger partial charge in [-0.05, 0) is 23.8 Å². The van der Waals surface area contributed by atoms with E-state index < -0.39 is 5.97 Å². The SMILES string of the molecule is CCc1nc2n(n1)[C@H](c1ccc(N(C)C)cc1)C=C(C(=O)O)N2. The molecule has 7 nitrogen and oxygen atoms in total. The van der Waals surface area contributed by atoms with E-state index in [0.717, 1.165) is 11.3 Å². The molecule has 1 aromatic carbocycles. The normalized spacial score (nSPS) is 16.3. The maximum atomic E-state index is 11.4. The number of aliphatic carboxylic acids is 1. The molecule has 0 amide bonds. The number of rotatable bonds is 4. The zero-order chi connectivity index (χ0) is 16.6. The highest BCUT2D eigenvalue weighted by Gasteiger charge is 2.26. The lowest BCUT2D eigenvalue weighted by Crippen LogP contribution is -2.24. The molecule has 1 aromatic heterocycles. The van der Waals surface area contributed by atoms with Crippen LogP contribution in [-0.4, -0.2) is 39.9 Å². The Morgan fingerprint density at radius 1 is 1.35 bits per heavy atom. The number of aromatic nitrogens is 3. The summed E-state index contributed by atoms with van der Waals surface area (Å²) in [6, 6.07) is 7.68.